The number of pyridine rings is 1. The molecule has 0 fully saturated rings. The van der Waals surface area contributed by atoms with Gasteiger partial charge in [0.2, 0.25) is 0 Å². The Bertz CT molecular complexity index is 472. The van der Waals surface area contributed by atoms with Crippen molar-refractivity contribution in [3.63, 3.8) is 0 Å². The standard InChI is InChI=1S/C11H14N6/c12-10-7-8(2-5-14-10)6-9(17-13)11-15-3-1-4-16-11/h1-5,7,9,17H,6,13H2,(H2,12,14). The minimum atomic E-state index is -0.141. The van der Waals surface area contributed by atoms with Gasteiger partial charge in [-0.2, -0.15) is 0 Å². The molecule has 0 aromatic carbocycles. The molecule has 0 saturated heterocycles. The topological polar surface area (TPSA) is 103 Å². The summed E-state index contributed by atoms with van der Waals surface area (Å²) < 4.78 is 0. The van der Waals surface area contributed by atoms with E-state index < -0.39 is 0 Å². The predicted molar refractivity (Wildman–Crippen MR) is 64.4 cm³/mol. The summed E-state index contributed by atoms with van der Waals surface area (Å²) in [7, 11) is 0. The molecular formula is C11H14N6. The number of hydrazine groups is 1. The number of hydrogen-bond acceptors (Lipinski definition) is 6. The Balaban J connectivity index is 2.16. The summed E-state index contributed by atoms with van der Waals surface area (Å²) >= 11 is 0. The van der Waals surface area contributed by atoms with Gasteiger partial charge in [-0.25, -0.2) is 20.4 Å². The molecule has 1 atom stereocenters. The van der Waals surface area contributed by atoms with E-state index in [9.17, 15) is 0 Å². The van der Waals surface area contributed by atoms with E-state index in [0.29, 0.717) is 18.1 Å². The van der Waals surface area contributed by atoms with Crippen LogP contribution in [0.15, 0.2) is 36.8 Å². The summed E-state index contributed by atoms with van der Waals surface area (Å²) in [5.74, 6) is 6.66. The third-order valence-electron chi connectivity index (χ3n) is 2.38. The van der Waals surface area contributed by atoms with Crippen molar-refractivity contribution in [2.75, 3.05) is 5.73 Å². The van der Waals surface area contributed by atoms with Crippen LogP contribution in [0.1, 0.15) is 17.4 Å². The van der Waals surface area contributed by atoms with Crippen LogP contribution < -0.4 is 17.0 Å². The van der Waals surface area contributed by atoms with Crippen LogP contribution in [0, 0.1) is 0 Å². The van der Waals surface area contributed by atoms with E-state index in [1.54, 1.807) is 24.7 Å². The van der Waals surface area contributed by atoms with Crippen LogP contribution in [0.2, 0.25) is 0 Å². The molecule has 5 N–H and O–H groups in total. The van der Waals surface area contributed by atoms with E-state index in [4.69, 9.17) is 11.6 Å². The first-order valence-corrected chi connectivity index (χ1v) is 5.23. The molecule has 0 aliphatic heterocycles. The van der Waals surface area contributed by atoms with Crippen molar-refractivity contribution in [2.24, 2.45) is 5.84 Å². The lowest BCUT2D eigenvalue weighted by molar-refractivity contribution is 0.522. The van der Waals surface area contributed by atoms with Crippen molar-refractivity contribution >= 4 is 5.82 Å². The van der Waals surface area contributed by atoms with Crippen LogP contribution >= 0.6 is 0 Å². The van der Waals surface area contributed by atoms with Crippen molar-refractivity contribution in [2.45, 2.75) is 12.5 Å². The maximum atomic E-state index is 5.62. The van der Waals surface area contributed by atoms with Crippen molar-refractivity contribution < 1.29 is 0 Å². The van der Waals surface area contributed by atoms with Gasteiger partial charge in [0.15, 0.2) is 0 Å². The second-order valence-electron chi connectivity index (χ2n) is 3.62. The molecule has 2 aromatic rings. The van der Waals surface area contributed by atoms with Crippen molar-refractivity contribution in [3.8, 4) is 0 Å². The number of hydrogen-bond donors (Lipinski definition) is 3. The van der Waals surface area contributed by atoms with E-state index in [-0.39, 0.29) is 6.04 Å². The van der Waals surface area contributed by atoms with E-state index in [2.05, 4.69) is 20.4 Å². The first-order chi connectivity index (χ1) is 8.29. The summed E-state index contributed by atoms with van der Waals surface area (Å²) in [6.07, 6.45) is 5.71. The Morgan fingerprint density at radius 2 is 1.94 bits per heavy atom. The van der Waals surface area contributed by atoms with E-state index in [1.807, 2.05) is 12.1 Å². The molecule has 88 valence electrons. The van der Waals surface area contributed by atoms with Crippen molar-refractivity contribution in [1.82, 2.24) is 20.4 Å². The van der Waals surface area contributed by atoms with E-state index in [0.717, 1.165) is 5.56 Å². The second kappa shape index (κ2) is 5.33. The number of anilines is 1. The minimum absolute atomic E-state index is 0.141. The van der Waals surface area contributed by atoms with Gasteiger partial charge in [0.25, 0.3) is 0 Å². The zero-order valence-electron chi connectivity index (χ0n) is 9.24. The highest BCUT2D eigenvalue weighted by Crippen LogP contribution is 2.14. The second-order valence-corrected chi connectivity index (χ2v) is 3.62. The molecule has 0 aliphatic rings. The molecule has 0 bridgehead atoms. The Kier molecular flexibility index (Phi) is 3.59. The Hall–Kier alpha value is -2.05. The first-order valence-electron chi connectivity index (χ1n) is 5.23. The molecule has 0 saturated carbocycles. The van der Waals surface area contributed by atoms with Gasteiger partial charge in [-0.05, 0) is 30.2 Å². The van der Waals surface area contributed by atoms with Gasteiger partial charge in [-0.3, -0.25) is 5.84 Å². The fraction of sp³-hybridized carbons (Fsp3) is 0.182. The number of nitrogens with two attached hydrogens (primary N) is 2. The number of rotatable bonds is 4. The van der Waals surface area contributed by atoms with Crippen molar-refractivity contribution in [3.05, 3.63) is 48.2 Å². The first kappa shape index (κ1) is 11.4. The number of nitrogen functional groups attached to an aromatic ring is 1. The van der Waals surface area contributed by atoms with Gasteiger partial charge in [0.1, 0.15) is 11.6 Å². The Labute approximate surface area is 99.1 Å². The molecule has 1 unspecified atom stereocenters. The lowest BCUT2D eigenvalue weighted by Gasteiger charge is -2.14. The zero-order chi connectivity index (χ0) is 12.1. The highest BCUT2D eigenvalue weighted by Gasteiger charge is 2.13. The van der Waals surface area contributed by atoms with E-state index in [1.165, 1.54) is 0 Å². The number of aromatic nitrogens is 3. The predicted octanol–water partition coefficient (Wildman–Crippen LogP) is 0.201. The summed E-state index contributed by atoms with van der Waals surface area (Å²) in [4.78, 5) is 12.3. The SMILES string of the molecule is NNC(Cc1ccnc(N)c1)c1ncccn1. The van der Waals surface area contributed by atoms with Gasteiger partial charge in [-0.1, -0.05) is 0 Å². The van der Waals surface area contributed by atoms with Crippen LogP contribution in [0.3, 0.4) is 0 Å². The lowest BCUT2D eigenvalue weighted by Crippen LogP contribution is -2.31. The van der Waals surface area contributed by atoms with Gasteiger partial charge < -0.3 is 5.73 Å². The highest BCUT2D eigenvalue weighted by atomic mass is 15.2. The molecule has 0 radical (unpaired) electrons. The van der Waals surface area contributed by atoms with Crippen LogP contribution in [0.4, 0.5) is 5.82 Å². The summed E-state index contributed by atoms with van der Waals surface area (Å²) in [6.45, 7) is 0. The molecule has 2 aromatic heterocycles. The lowest BCUT2D eigenvalue weighted by atomic mass is 10.1. The third kappa shape index (κ3) is 2.96. The fourth-order valence-electron chi connectivity index (χ4n) is 1.57. The van der Waals surface area contributed by atoms with Crippen LogP contribution in [-0.2, 0) is 6.42 Å². The molecule has 0 amide bonds. The zero-order valence-corrected chi connectivity index (χ0v) is 9.24. The fourth-order valence-corrected chi connectivity index (χ4v) is 1.57. The largest absolute Gasteiger partial charge is 0.384 e. The smallest absolute Gasteiger partial charge is 0.146 e. The molecule has 0 spiro atoms. The molecule has 6 heteroatoms. The molecule has 17 heavy (non-hydrogen) atoms. The maximum absolute atomic E-state index is 5.62. The van der Waals surface area contributed by atoms with Gasteiger partial charge in [0.05, 0.1) is 6.04 Å². The molecule has 2 heterocycles. The van der Waals surface area contributed by atoms with Crippen LogP contribution in [0.5, 0.6) is 0 Å². The summed E-state index contributed by atoms with van der Waals surface area (Å²) in [5.41, 5.74) is 9.36. The normalized spacial score (nSPS) is 12.3. The van der Waals surface area contributed by atoms with Gasteiger partial charge in [-0.15, -0.1) is 0 Å². The number of nitrogens with one attached hydrogen (secondary N) is 1. The summed E-state index contributed by atoms with van der Waals surface area (Å²) in [5, 5.41) is 0. The average molecular weight is 230 g/mol. The monoisotopic (exact) mass is 230 g/mol. The summed E-state index contributed by atoms with van der Waals surface area (Å²) in [6, 6.07) is 5.33. The highest BCUT2D eigenvalue weighted by molar-refractivity contribution is 5.32. The third-order valence-corrected chi connectivity index (χ3v) is 2.38. The maximum Gasteiger partial charge on any atom is 0.146 e. The Morgan fingerprint density at radius 3 is 2.59 bits per heavy atom. The molecule has 0 aliphatic carbocycles. The average Bonchev–Trinajstić information content (AvgIpc) is 2.37. The minimum Gasteiger partial charge on any atom is -0.384 e. The van der Waals surface area contributed by atoms with Crippen LogP contribution in [0.25, 0.3) is 0 Å². The molecular weight excluding hydrogens is 216 g/mol. The Morgan fingerprint density at radius 1 is 1.18 bits per heavy atom. The number of nitrogens with zero attached hydrogens (tertiary/aromatic N) is 3. The van der Waals surface area contributed by atoms with Gasteiger partial charge >= 0.3 is 0 Å². The van der Waals surface area contributed by atoms with E-state index >= 15 is 0 Å². The van der Waals surface area contributed by atoms with Crippen LogP contribution in [-0.4, -0.2) is 15.0 Å². The molecule has 6 nitrogen and oxygen atoms in total. The van der Waals surface area contributed by atoms with Gasteiger partial charge in [0, 0.05) is 18.6 Å². The van der Waals surface area contributed by atoms with Crippen molar-refractivity contribution in [1.29, 1.82) is 0 Å². The molecule has 2 rings (SSSR count). The quantitative estimate of drug-likeness (QED) is 0.512.